The van der Waals surface area contributed by atoms with Gasteiger partial charge in [-0.1, -0.05) is 24.1 Å². The van der Waals surface area contributed by atoms with Gasteiger partial charge in [0, 0.05) is 13.6 Å². The average Bonchev–Trinajstić information content (AvgIpc) is 2.55. The Balaban J connectivity index is 1.89. The Morgan fingerprint density at radius 2 is 2.30 bits per heavy atom. The second-order valence-electron chi connectivity index (χ2n) is 6.02. The number of carbonyl (C=O) groups excluding carboxylic acids is 1. The Kier molecular flexibility index (Phi) is 6.69. The molecule has 1 aromatic rings. The van der Waals surface area contributed by atoms with Crippen LogP contribution in [0, 0.1) is 6.92 Å². The first kappa shape index (κ1) is 18.0. The molecular weight excluding hydrogens is 316 g/mol. The molecule has 128 valence electrons. The fourth-order valence-corrected chi connectivity index (χ4v) is 3.08. The molecule has 23 heavy (non-hydrogen) atoms. The van der Waals surface area contributed by atoms with Gasteiger partial charge in [-0.15, -0.1) is 0 Å². The van der Waals surface area contributed by atoms with Crippen LogP contribution in [0.2, 0.25) is 5.02 Å². The van der Waals surface area contributed by atoms with Crippen LogP contribution in [0.25, 0.3) is 0 Å². The molecule has 2 rings (SSSR count). The summed E-state index contributed by atoms with van der Waals surface area (Å²) in [6.07, 6.45) is 2.25. The number of aliphatic hydroxyl groups is 1. The van der Waals surface area contributed by atoms with Crippen molar-refractivity contribution in [2.45, 2.75) is 38.3 Å². The maximum atomic E-state index is 11.9. The van der Waals surface area contributed by atoms with Crippen molar-refractivity contribution in [3.8, 4) is 5.75 Å². The number of likely N-dealkylation sites (N-methyl/N-ethyl adjacent to an activating group) is 1. The molecule has 1 aliphatic heterocycles. The quantitative estimate of drug-likeness (QED) is 0.831. The van der Waals surface area contributed by atoms with Gasteiger partial charge < -0.3 is 15.2 Å². The molecule has 1 heterocycles. The number of aryl methyl sites for hydroxylation is 1. The minimum atomic E-state index is -0.670. The largest absolute Gasteiger partial charge is 0.489 e. The van der Waals surface area contributed by atoms with Gasteiger partial charge in [-0.25, -0.2) is 0 Å². The van der Waals surface area contributed by atoms with Crippen LogP contribution in [0.3, 0.4) is 0 Å². The van der Waals surface area contributed by atoms with E-state index in [0.29, 0.717) is 17.3 Å². The summed E-state index contributed by atoms with van der Waals surface area (Å²) in [6.45, 7) is 3.35. The van der Waals surface area contributed by atoms with E-state index < -0.39 is 6.10 Å². The van der Waals surface area contributed by atoms with E-state index in [2.05, 4.69) is 5.32 Å². The van der Waals surface area contributed by atoms with Crippen molar-refractivity contribution in [2.24, 2.45) is 0 Å². The minimum absolute atomic E-state index is 0.0135. The number of rotatable bonds is 6. The molecule has 0 spiro atoms. The van der Waals surface area contributed by atoms with Gasteiger partial charge in [0.1, 0.15) is 18.5 Å². The number of hydrogen-bond donors (Lipinski definition) is 2. The molecule has 1 aliphatic rings. The third-order valence-electron chi connectivity index (χ3n) is 4.13. The van der Waals surface area contributed by atoms with E-state index in [-0.39, 0.29) is 18.6 Å². The molecule has 0 unspecified atom stereocenters. The number of likely N-dealkylation sites (tertiary alicyclic amines) is 1. The van der Waals surface area contributed by atoms with Crippen LogP contribution in [-0.4, -0.2) is 54.8 Å². The van der Waals surface area contributed by atoms with Crippen molar-refractivity contribution >= 4 is 17.5 Å². The highest BCUT2D eigenvalue weighted by atomic mass is 35.5. The predicted molar refractivity (Wildman–Crippen MR) is 91.0 cm³/mol. The summed E-state index contributed by atoms with van der Waals surface area (Å²) < 4.78 is 5.63. The van der Waals surface area contributed by atoms with Gasteiger partial charge in [0.25, 0.3) is 0 Å². The van der Waals surface area contributed by atoms with Crippen molar-refractivity contribution in [2.75, 3.05) is 26.7 Å². The molecule has 0 aliphatic carbocycles. The average molecular weight is 341 g/mol. The molecule has 0 bridgehead atoms. The van der Waals surface area contributed by atoms with E-state index in [4.69, 9.17) is 16.3 Å². The van der Waals surface area contributed by atoms with E-state index in [0.717, 1.165) is 31.4 Å². The van der Waals surface area contributed by atoms with Crippen LogP contribution in [0.4, 0.5) is 0 Å². The molecule has 1 amide bonds. The van der Waals surface area contributed by atoms with Gasteiger partial charge in [-0.2, -0.15) is 0 Å². The highest BCUT2D eigenvalue weighted by Crippen LogP contribution is 2.25. The molecule has 5 nitrogen and oxygen atoms in total. The number of halogens is 1. The normalized spacial score (nSPS) is 20.1. The molecule has 0 saturated carbocycles. The summed E-state index contributed by atoms with van der Waals surface area (Å²) in [6, 6.07) is 5.38. The van der Waals surface area contributed by atoms with E-state index in [1.807, 2.05) is 24.0 Å². The minimum Gasteiger partial charge on any atom is -0.489 e. The Morgan fingerprint density at radius 3 is 3.04 bits per heavy atom. The summed E-state index contributed by atoms with van der Waals surface area (Å²) in [5.74, 6) is 0.590. The van der Waals surface area contributed by atoms with Crippen LogP contribution in [-0.2, 0) is 4.79 Å². The number of aliphatic hydroxyl groups excluding tert-OH is 1. The molecular formula is C17H25ClN2O3. The second-order valence-corrected chi connectivity index (χ2v) is 6.43. The van der Waals surface area contributed by atoms with Crippen molar-refractivity contribution in [3.05, 3.63) is 28.8 Å². The number of piperidine rings is 1. The Bertz CT molecular complexity index is 539. The van der Waals surface area contributed by atoms with Crippen LogP contribution in [0.5, 0.6) is 5.75 Å². The maximum absolute atomic E-state index is 11.9. The third-order valence-corrected chi connectivity index (χ3v) is 4.44. The molecule has 2 N–H and O–H groups in total. The lowest BCUT2D eigenvalue weighted by atomic mass is 10.0. The summed E-state index contributed by atoms with van der Waals surface area (Å²) in [4.78, 5) is 14.0. The molecule has 0 aromatic heterocycles. The summed E-state index contributed by atoms with van der Waals surface area (Å²) in [5, 5.41) is 13.5. The van der Waals surface area contributed by atoms with Gasteiger partial charge >= 0.3 is 0 Å². The van der Waals surface area contributed by atoms with Gasteiger partial charge in [0.15, 0.2) is 0 Å². The number of nitrogens with one attached hydrogen (secondary N) is 1. The van der Waals surface area contributed by atoms with Crippen molar-refractivity contribution in [1.82, 2.24) is 10.2 Å². The van der Waals surface area contributed by atoms with Gasteiger partial charge in [0.05, 0.1) is 11.1 Å². The second kappa shape index (κ2) is 8.52. The van der Waals surface area contributed by atoms with Gasteiger partial charge in [-0.3, -0.25) is 9.69 Å². The SMILES string of the molecule is CNC(=O)[C@H]1CCCCN1C[C@H](O)COc1cc(C)ccc1Cl. The number of β-amino-alcohol motifs (C(OH)–C–C–N with tert-alkyl or cyclic N) is 1. The predicted octanol–water partition coefficient (Wildman–Crippen LogP) is 1.99. The Morgan fingerprint density at radius 1 is 1.52 bits per heavy atom. The zero-order valence-corrected chi connectivity index (χ0v) is 14.5. The zero-order valence-electron chi connectivity index (χ0n) is 13.7. The van der Waals surface area contributed by atoms with Crippen LogP contribution in [0.15, 0.2) is 18.2 Å². The lowest BCUT2D eigenvalue weighted by molar-refractivity contribution is -0.127. The molecule has 1 saturated heterocycles. The number of hydrogen-bond acceptors (Lipinski definition) is 4. The summed E-state index contributed by atoms with van der Waals surface area (Å²) >= 11 is 6.09. The molecule has 0 radical (unpaired) electrons. The highest BCUT2D eigenvalue weighted by molar-refractivity contribution is 6.32. The molecule has 1 fully saturated rings. The fraction of sp³-hybridized carbons (Fsp3) is 0.588. The zero-order chi connectivity index (χ0) is 16.8. The number of carbonyl (C=O) groups is 1. The van der Waals surface area contributed by atoms with E-state index in [1.165, 1.54) is 0 Å². The van der Waals surface area contributed by atoms with E-state index in [1.54, 1.807) is 13.1 Å². The topological polar surface area (TPSA) is 61.8 Å². The number of nitrogens with zero attached hydrogens (tertiary/aromatic N) is 1. The molecule has 2 atom stereocenters. The van der Waals surface area contributed by atoms with E-state index >= 15 is 0 Å². The van der Waals surface area contributed by atoms with Gasteiger partial charge in [-0.05, 0) is 44.0 Å². The third kappa shape index (κ3) is 5.09. The Hall–Kier alpha value is -1.30. The van der Waals surface area contributed by atoms with Crippen LogP contribution in [0.1, 0.15) is 24.8 Å². The smallest absolute Gasteiger partial charge is 0.237 e. The number of amides is 1. The van der Waals surface area contributed by atoms with Crippen molar-refractivity contribution in [1.29, 1.82) is 0 Å². The van der Waals surface area contributed by atoms with Crippen molar-refractivity contribution < 1.29 is 14.6 Å². The lowest BCUT2D eigenvalue weighted by Crippen LogP contribution is -2.51. The van der Waals surface area contributed by atoms with E-state index in [9.17, 15) is 9.90 Å². The fourth-order valence-electron chi connectivity index (χ4n) is 2.90. The maximum Gasteiger partial charge on any atom is 0.237 e. The first-order valence-corrected chi connectivity index (χ1v) is 8.41. The highest BCUT2D eigenvalue weighted by Gasteiger charge is 2.29. The van der Waals surface area contributed by atoms with Crippen molar-refractivity contribution in [3.63, 3.8) is 0 Å². The Labute approximate surface area is 142 Å². The van der Waals surface area contributed by atoms with Crippen LogP contribution >= 0.6 is 11.6 Å². The summed E-state index contributed by atoms with van der Waals surface area (Å²) in [5.41, 5.74) is 1.05. The lowest BCUT2D eigenvalue weighted by Gasteiger charge is -2.35. The first-order valence-electron chi connectivity index (χ1n) is 8.04. The van der Waals surface area contributed by atoms with Gasteiger partial charge in [0.2, 0.25) is 5.91 Å². The number of ether oxygens (including phenoxy) is 1. The molecule has 1 aromatic carbocycles. The van der Waals surface area contributed by atoms with Crippen LogP contribution < -0.4 is 10.1 Å². The summed E-state index contributed by atoms with van der Waals surface area (Å²) in [7, 11) is 1.65. The monoisotopic (exact) mass is 340 g/mol. The first-order chi connectivity index (χ1) is 11.0. The standard InChI is InChI=1S/C17H25ClN2O3/c1-12-6-7-14(18)16(9-12)23-11-13(21)10-20-8-4-3-5-15(20)17(22)19-2/h6-7,9,13,15,21H,3-5,8,10-11H2,1-2H3,(H,19,22)/t13-,15+/m0/s1. The number of benzene rings is 1. The molecule has 6 heteroatoms.